The predicted octanol–water partition coefficient (Wildman–Crippen LogP) is 3.93. The first-order valence-electron chi connectivity index (χ1n) is 9.86. The molecule has 30 heavy (non-hydrogen) atoms. The molecule has 1 heterocycles. The van der Waals surface area contributed by atoms with Crippen LogP contribution in [0.1, 0.15) is 25.3 Å². The van der Waals surface area contributed by atoms with Crippen LogP contribution in [-0.2, 0) is 9.59 Å². The van der Waals surface area contributed by atoms with Gasteiger partial charge in [0, 0.05) is 17.0 Å². The highest BCUT2D eigenvalue weighted by Crippen LogP contribution is 2.44. The van der Waals surface area contributed by atoms with Crippen molar-refractivity contribution in [3.8, 4) is 0 Å². The van der Waals surface area contributed by atoms with E-state index in [9.17, 15) is 19.8 Å². The molecule has 1 aliphatic rings. The van der Waals surface area contributed by atoms with E-state index in [1.807, 2.05) is 29.6 Å². The predicted molar refractivity (Wildman–Crippen MR) is 126 cm³/mol. The van der Waals surface area contributed by atoms with Crippen LogP contribution in [-0.4, -0.2) is 61.8 Å². The summed E-state index contributed by atoms with van der Waals surface area (Å²) < 4.78 is 1.13. The summed E-state index contributed by atoms with van der Waals surface area (Å²) in [6, 6.07) is 8.02. The number of thioether (sulfide) groups is 2. The zero-order valence-electron chi connectivity index (χ0n) is 16.7. The zero-order chi connectivity index (χ0) is 21.7. The lowest BCUT2D eigenvalue weighted by Gasteiger charge is -2.24. The Morgan fingerprint density at radius 2 is 2.10 bits per heavy atom. The number of thiophene rings is 1. The third-order valence-corrected chi connectivity index (χ3v) is 8.43. The molecule has 5 nitrogen and oxygen atoms in total. The van der Waals surface area contributed by atoms with Crippen LogP contribution in [0.2, 0.25) is 0 Å². The molecule has 1 fully saturated rings. The van der Waals surface area contributed by atoms with Gasteiger partial charge < -0.3 is 15.3 Å². The molecule has 0 spiro atoms. The zero-order valence-corrected chi connectivity index (χ0v) is 19.1. The monoisotopic (exact) mass is 466 g/mol. The fraction of sp³-hybridized carbons (Fsp3) is 0.455. The van der Waals surface area contributed by atoms with E-state index in [1.54, 1.807) is 24.3 Å². The van der Waals surface area contributed by atoms with Gasteiger partial charge in [-0.2, -0.15) is 11.8 Å². The number of carbonyl (C=O) groups is 2. The third-order valence-electron chi connectivity index (χ3n) is 5.00. The van der Waals surface area contributed by atoms with Gasteiger partial charge in [0.25, 0.3) is 0 Å². The molecule has 162 valence electrons. The van der Waals surface area contributed by atoms with Crippen LogP contribution >= 0.6 is 34.9 Å². The molecule has 1 unspecified atom stereocenters. The van der Waals surface area contributed by atoms with Crippen molar-refractivity contribution in [2.24, 2.45) is 5.92 Å². The molecule has 0 amide bonds. The molecule has 3 N–H and O–H groups in total. The Hall–Kier alpha value is -1.32. The van der Waals surface area contributed by atoms with Gasteiger partial charge in [-0.3, -0.25) is 9.59 Å². The lowest BCUT2D eigenvalue weighted by molar-refractivity contribution is -0.133. The van der Waals surface area contributed by atoms with Crippen LogP contribution in [0.4, 0.5) is 0 Å². The van der Waals surface area contributed by atoms with Gasteiger partial charge in [-0.15, -0.1) is 23.1 Å². The Labute approximate surface area is 188 Å². The van der Waals surface area contributed by atoms with Crippen LogP contribution in [0, 0.1) is 5.92 Å². The highest BCUT2D eigenvalue weighted by Gasteiger charge is 2.44. The molecule has 0 saturated heterocycles. The van der Waals surface area contributed by atoms with Gasteiger partial charge in [0.15, 0.2) is 0 Å². The number of rotatable bonds is 10. The molecule has 1 aliphatic carbocycles. The van der Waals surface area contributed by atoms with E-state index in [0.29, 0.717) is 0 Å². The maximum Gasteiger partial charge on any atom is 0.313 e. The highest BCUT2D eigenvalue weighted by molar-refractivity contribution is 8.01. The number of hydrogen-bond acceptors (Lipinski definition) is 7. The number of carboxylic acids is 1. The minimum absolute atomic E-state index is 0.0340. The fourth-order valence-corrected chi connectivity index (χ4v) is 6.99. The Bertz CT molecular complexity index is 920. The fourth-order valence-electron chi connectivity index (χ4n) is 3.79. The van der Waals surface area contributed by atoms with Crippen molar-refractivity contribution in [1.29, 1.82) is 0 Å². The summed E-state index contributed by atoms with van der Waals surface area (Å²) in [5, 5.41) is 32.3. The normalized spacial score (nSPS) is 23.2. The number of fused-ring (bicyclic) bond motifs is 1. The van der Waals surface area contributed by atoms with Crippen molar-refractivity contribution in [3.05, 3.63) is 41.3 Å². The van der Waals surface area contributed by atoms with E-state index < -0.39 is 18.2 Å². The first-order valence-corrected chi connectivity index (χ1v) is 12.9. The Balaban J connectivity index is 1.80. The lowest BCUT2D eigenvalue weighted by atomic mass is 9.88. The van der Waals surface area contributed by atoms with Gasteiger partial charge in [0.1, 0.15) is 5.78 Å². The number of ketones is 1. The van der Waals surface area contributed by atoms with E-state index in [4.69, 9.17) is 5.11 Å². The van der Waals surface area contributed by atoms with Crippen molar-refractivity contribution < 1.29 is 24.9 Å². The molecule has 0 radical (unpaired) electrons. The number of carbonyl (C=O) groups excluding carboxylic acids is 1. The molecular weight excluding hydrogens is 440 g/mol. The van der Waals surface area contributed by atoms with Gasteiger partial charge in [-0.05, 0) is 52.8 Å². The maximum absolute atomic E-state index is 12.7. The van der Waals surface area contributed by atoms with Crippen molar-refractivity contribution in [2.75, 3.05) is 17.3 Å². The lowest BCUT2D eigenvalue weighted by Crippen LogP contribution is -2.25. The van der Waals surface area contributed by atoms with Crippen LogP contribution in [0.15, 0.2) is 35.7 Å². The topological polar surface area (TPSA) is 94.8 Å². The molecule has 0 bridgehead atoms. The quantitative estimate of drug-likeness (QED) is 0.457. The van der Waals surface area contributed by atoms with Gasteiger partial charge in [0.05, 0.1) is 23.2 Å². The molecule has 8 heteroatoms. The number of aliphatic hydroxyl groups is 2. The maximum atomic E-state index is 12.7. The van der Waals surface area contributed by atoms with Crippen LogP contribution in [0.25, 0.3) is 15.7 Å². The molecular formula is C22H26O5S3. The minimum atomic E-state index is -0.822. The average molecular weight is 467 g/mol. The van der Waals surface area contributed by atoms with Crippen molar-refractivity contribution in [1.82, 2.24) is 0 Å². The van der Waals surface area contributed by atoms with Crippen LogP contribution in [0.5, 0.6) is 0 Å². The molecule has 1 aromatic carbocycles. The largest absolute Gasteiger partial charge is 0.481 e. The van der Waals surface area contributed by atoms with Crippen molar-refractivity contribution in [2.45, 2.75) is 37.2 Å². The summed E-state index contributed by atoms with van der Waals surface area (Å²) in [5.41, 5.74) is 1.80. The molecule has 4 atom stereocenters. The van der Waals surface area contributed by atoms with E-state index in [1.165, 1.54) is 23.5 Å². The highest BCUT2D eigenvalue weighted by atomic mass is 32.2. The molecule has 2 aromatic rings. The number of Topliss-reactive ketones (excluding diaryl/α,β-unsaturated/α-hetero) is 1. The third kappa shape index (κ3) is 5.68. The number of benzene rings is 1. The number of carboxylic acid groups (broad SMARTS) is 1. The van der Waals surface area contributed by atoms with E-state index in [-0.39, 0.29) is 29.1 Å². The number of hydrogen-bond donors (Lipinski definition) is 3. The number of aliphatic hydroxyl groups excluding tert-OH is 2. The SMILES string of the molecule is CC(O)/C=C(/c1csc2ccccc12)[C@H]1[C@H](O)CC(=O)[C@@H]1SCCCSCC(=O)O. The molecule has 1 saturated carbocycles. The minimum Gasteiger partial charge on any atom is -0.481 e. The Kier molecular flexibility index (Phi) is 8.42. The number of aliphatic carboxylic acids is 1. The first-order chi connectivity index (χ1) is 14.4. The first kappa shape index (κ1) is 23.3. The van der Waals surface area contributed by atoms with Crippen LogP contribution in [0.3, 0.4) is 0 Å². The molecule has 0 aliphatic heterocycles. The summed E-state index contributed by atoms with van der Waals surface area (Å²) in [5.74, 6) is 0.365. The summed E-state index contributed by atoms with van der Waals surface area (Å²) in [6.45, 7) is 1.68. The second-order valence-electron chi connectivity index (χ2n) is 7.36. The van der Waals surface area contributed by atoms with Gasteiger partial charge >= 0.3 is 5.97 Å². The van der Waals surface area contributed by atoms with Gasteiger partial charge in [-0.1, -0.05) is 24.3 Å². The van der Waals surface area contributed by atoms with Crippen molar-refractivity contribution >= 4 is 62.3 Å². The molecule has 1 aromatic heterocycles. The van der Waals surface area contributed by atoms with E-state index in [2.05, 4.69) is 0 Å². The van der Waals surface area contributed by atoms with Crippen molar-refractivity contribution in [3.63, 3.8) is 0 Å². The van der Waals surface area contributed by atoms with E-state index >= 15 is 0 Å². The second kappa shape index (κ2) is 10.8. The summed E-state index contributed by atoms with van der Waals surface area (Å²) >= 11 is 4.52. The van der Waals surface area contributed by atoms with Crippen LogP contribution < -0.4 is 0 Å². The van der Waals surface area contributed by atoms with E-state index in [0.717, 1.165) is 39.1 Å². The summed E-state index contributed by atoms with van der Waals surface area (Å²) in [6.07, 6.45) is 1.21. The summed E-state index contributed by atoms with van der Waals surface area (Å²) in [7, 11) is 0. The standard InChI is InChI=1S/C22H26O5S3/c1-13(23)9-15(16-11-30-19-6-3-2-5-14(16)19)21-17(24)10-18(25)22(21)29-8-4-7-28-12-20(26)27/h2-3,5-6,9,11,13,17,21-24H,4,7-8,10,12H2,1H3,(H,26,27)/b15-9-/t13?,17-,21+,22+/m1/s1. The van der Waals surface area contributed by atoms with Gasteiger partial charge in [0.2, 0.25) is 0 Å². The second-order valence-corrected chi connectivity index (χ2v) is 10.6. The smallest absolute Gasteiger partial charge is 0.313 e. The van der Waals surface area contributed by atoms with Gasteiger partial charge in [-0.25, -0.2) is 0 Å². The summed E-state index contributed by atoms with van der Waals surface area (Å²) in [4.78, 5) is 23.3. The average Bonchev–Trinajstić information content (AvgIpc) is 3.23. The Morgan fingerprint density at radius 1 is 1.33 bits per heavy atom. The molecule has 3 rings (SSSR count). The Morgan fingerprint density at radius 3 is 2.83 bits per heavy atom.